The zero-order valence-electron chi connectivity index (χ0n) is 19.7. The van der Waals surface area contributed by atoms with Crippen LogP contribution in [0.5, 0.6) is 0 Å². The predicted molar refractivity (Wildman–Crippen MR) is 130 cm³/mol. The monoisotopic (exact) mass is 480 g/mol. The highest BCUT2D eigenvalue weighted by atomic mass is 32.2. The van der Waals surface area contributed by atoms with E-state index in [1.165, 1.54) is 18.7 Å². The highest BCUT2D eigenvalue weighted by Crippen LogP contribution is 2.08. The quantitative estimate of drug-likeness (QED) is 0.266. The zero-order chi connectivity index (χ0) is 25.0. The van der Waals surface area contributed by atoms with Crippen LogP contribution in [-0.4, -0.2) is 65.0 Å². The predicted octanol–water partition coefficient (Wildman–Crippen LogP) is 0.915. The molecule has 0 saturated heterocycles. The van der Waals surface area contributed by atoms with Crippen LogP contribution in [-0.2, 0) is 25.6 Å². The number of nitrogens with two attached hydrogens (primary N) is 1. The fourth-order valence-electron chi connectivity index (χ4n) is 3.01. The Bertz CT molecular complexity index is 792. The van der Waals surface area contributed by atoms with Crippen molar-refractivity contribution < 1.29 is 24.3 Å². The first kappa shape index (κ1) is 28.4. The molecule has 3 amide bonds. The summed E-state index contributed by atoms with van der Waals surface area (Å²) in [4.78, 5) is 49.6. The number of hydrogen-bond acceptors (Lipinski definition) is 6. The topological polar surface area (TPSA) is 151 Å². The Labute approximate surface area is 199 Å². The molecule has 0 aliphatic rings. The van der Waals surface area contributed by atoms with Crippen LogP contribution in [0.4, 0.5) is 0 Å². The van der Waals surface area contributed by atoms with Gasteiger partial charge in [0, 0.05) is 6.42 Å². The lowest BCUT2D eigenvalue weighted by Gasteiger charge is -2.24. The van der Waals surface area contributed by atoms with Crippen LogP contribution in [0.1, 0.15) is 39.2 Å². The Morgan fingerprint density at radius 3 is 2.12 bits per heavy atom. The number of carbonyl (C=O) groups excluding carboxylic acids is 3. The van der Waals surface area contributed by atoms with Crippen LogP contribution in [0.2, 0.25) is 0 Å². The number of amides is 3. The molecule has 0 bridgehead atoms. The summed E-state index contributed by atoms with van der Waals surface area (Å²) < 4.78 is 0. The number of nitrogens with one attached hydrogen (secondary N) is 3. The van der Waals surface area contributed by atoms with E-state index in [0.29, 0.717) is 5.75 Å². The zero-order valence-corrected chi connectivity index (χ0v) is 20.5. The smallest absolute Gasteiger partial charge is 0.326 e. The maximum Gasteiger partial charge on any atom is 0.326 e. The maximum absolute atomic E-state index is 12.9. The number of carboxylic acid groups (broad SMARTS) is 1. The largest absolute Gasteiger partial charge is 0.480 e. The van der Waals surface area contributed by atoms with Crippen molar-refractivity contribution in [2.45, 2.75) is 64.2 Å². The van der Waals surface area contributed by atoms with E-state index in [9.17, 15) is 24.3 Å². The number of aliphatic carboxylic acids is 1. The molecule has 9 nitrogen and oxygen atoms in total. The summed E-state index contributed by atoms with van der Waals surface area (Å²) in [6, 6.07) is 5.32. The second-order valence-corrected chi connectivity index (χ2v) is 9.06. The van der Waals surface area contributed by atoms with Gasteiger partial charge < -0.3 is 26.8 Å². The van der Waals surface area contributed by atoms with Crippen LogP contribution in [0.15, 0.2) is 30.3 Å². The molecular formula is C23H36N4O5S. The molecule has 5 unspecified atom stereocenters. The van der Waals surface area contributed by atoms with Gasteiger partial charge in [0.2, 0.25) is 17.7 Å². The lowest BCUT2D eigenvalue weighted by Crippen LogP contribution is -2.57. The number of carboxylic acids is 1. The Morgan fingerprint density at radius 2 is 1.58 bits per heavy atom. The number of rotatable bonds is 14. The lowest BCUT2D eigenvalue weighted by molar-refractivity contribution is -0.142. The molecule has 184 valence electrons. The van der Waals surface area contributed by atoms with Gasteiger partial charge in [0.1, 0.15) is 18.1 Å². The highest BCUT2D eigenvalue weighted by molar-refractivity contribution is 7.98. The van der Waals surface area contributed by atoms with E-state index in [1.54, 1.807) is 0 Å². The molecule has 0 aromatic heterocycles. The summed E-state index contributed by atoms with van der Waals surface area (Å²) in [7, 11) is 0. The fraction of sp³-hybridized carbons (Fsp3) is 0.565. The molecular weight excluding hydrogens is 444 g/mol. The molecule has 0 heterocycles. The van der Waals surface area contributed by atoms with Gasteiger partial charge in [-0.3, -0.25) is 14.4 Å². The number of benzene rings is 1. The Hall–Kier alpha value is -2.59. The van der Waals surface area contributed by atoms with Crippen molar-refractivity contribution in [1.29, 1.82) is 0 Å². The Balaban J connectivity index is 2.92. The third kappa shape index (κ3) is 9.83. The van der Waals surface area contributed by atoms with Gasteiger partial charge in [0.25, 0.3) is 0 Å². The molecule has 10 heteroatoms. The summed E-state index contributed by atoms with van der Waals surface area (Å²) in [6.07, 6.45) is 2.99. The molecule has 1 rings (SSSR count). The molecule has 6 N–H and O–H groups in total. The lowest BCUT2D eigenvalue weighted by atomic mass is 9.99. The van der Waals surface area contributed by atoms with Gasteiger partial charge in [-0.05, 0) is 36.8 Å². The first-order valence-electron chi connectivity index (χ1n) is 11.0. The minimum atomic E-state index is -1.14. The van der Waals surface area contributed by atoms with Gasteiger partial charge in [-0.2, -0.15) is 11.8 Å². The standard InChI is InChI=1S/C23H36N4O5S/c1-5-14(2)19(24)22(30)25-15(3)20(28)27-18(13-16-9-7-6-8-10-16)21(29)26-17(23(31)32)11-12-33-4/h6-10,14-15,17-19H,5,11-13,24H2,1-4H3,(H,25,30)(H,26,29)(H,27,28)(H,31,32). The van der Waals surface area contributed by atoms with E-state index in [4.69, 9.17) is 5.73 Å². The first-order chi connectivity index (χ1) is 15.6. The Morgan fingerprint density at radius 1 is 0.970 bits per heavy atom. The van der Waals surface area contributed by atoms with E-state index in [2.05, 4.69) is 16.0 Å². The van der Waals surface area contributed by atoms with E-state index in [1.807, 2.05) is 50.4 Å². The molecule has 1 aromatic rings. The summed E-state index contributed by atoms with van der Waals surface area (Å²) in [5, 5.41) is 17.2. The molecule has 33 heavy (non-hydrogen) atoms. The molecule has 0 spiro atoms. The van der Waals surface area contributed by atoms with Gasteiger partial charge in [-0.25, -0.2) is 4.79 Å². The maximum atomic E-state index is 12.9. The second-order valence-electron chi connectivity index (χ2n) is 8.07. The van der Waals surface area contributed by atoms with Crippen molar-refractivity contribution in [2.24, 2.45) is 11.7 Å². The normalized spacial score (nSPS) is 15.4. The van der Waals surface area contributed by atoms with E-state index in [-0.39, 0.29) is 18.8 Å². The number of carbonyl (C=O) groups is 4. The van der Waals surface area contributed by atoms with Crippen LogP contribution >= 0.6 is 11.8 Å². The van der Waals surface area contributed by atoms with Crippen molar-refractivity contribution in [1.82, 2.24) is 16.0 Å². The van der Waals surface area contributed by atoms with E-state index >= 15 is 0 Å². The average molecular weight is 481 g/mol. The van der Waals surface area contributed by atoms with Gasteiger partial charge in [0.15, 0.2) is 0 Å². The van der Waals surface area contributed by atoms with Gasteiger partial charge >= 0.3 is 5.97 Å². The number of hydrogen-bond donors (Lipinski definition) is 5. The van der Waals surface area contributed by atoms with E-state index in [0.717, 1.165) is 12.0 Å². The SMILES string of the molecule is CCC(C)C(N)C(=O)NC(C)C(=O)NC(Cc1ccccc1)C(=O)NC(CCSC)C(=O)O. The fourth-order valence-corrected chi connectivity index (χ4v) is 3.48. The summed E-state index contributed by atoms with van der Waals surface area (Å²) >= 11 is 1.48. The third-order valence-corrected chi connectivity index (χ3v) is 6.10. The first-order valence-corrected chi connectivity index (χ1v) is 12.4. The Kier molecular flexibility index (Phi) is 12.5. The summed E-state index contributed by atoms with van der Waals surface area (Å²) in [6.45, 7) is 5.28. The summed E-state index contributed by atoms with van der Waals surface area (Å²) in [5.41, 5.74) is 6.73. The average Bonchev–Trinajstić information content (AvgIpc) is 2.80. The molecule has 0 fully saturated rings. The molecule has 0 saturated carbocycles. The minimum absolute atomic E-state index is 0.0499. The van der Waals surface area contributed by atoms with Gasteiger partial charge in [-0.1, -0.05) is 50.6 Å². The van der Waals surface area contributed by atoms with Crippen LogP contribution in [0.3, 0.4) is 0 Å². The van der Waals surface area contributed by atoms with Crippen molar-refractivity contribution in [3.05, 3.63) is 35.9 Å². The molecule has 0 radical (unpaired) electrons. The third-order valence-electron chi connectivity index (χ3n) is 5.45. The van der Waals surface area contributed by atoms with E-state index < -0.39 is 47.9 Å². The van der Waals surface area contributed by atoms with Crippen molar-refractivity contribution in [2.75, 3.05) is 12.0 Å². The molecule has 0 aliphatic carbocycles. The highest BCUT2D eigenvalue weighted by Gasteiger charge is 2.29. The molecule has 1 aromatic carbocycles. The molecule has 5 atom stereocenters. The van der Waals surface area contributed by atoms with Gasteiger partial charge in [0.05, 0.1) is 6.04 Å². The van der Waals surface area contributed by atoms with Crippen molar-refractivity contribution in [3.8, 4) is 0 Å². The van der Waals surface area contributed by atoms with Crippen LogP contribution in [0.25, 0.3) is 0 Å². The van der Waals surface area contributed by atoms with Crippen molar-refractivity contribution in [3.63, 3.8) is 0 Å². The van der Waals surface area contributed by atoms with Gasteiger partial charge in [-0.15, -0.1) is 0 Å². The second kappa shape index (κ2) is 14.5. The van der Waals surface area contributed by atoms with Crippen molar-refractivity contribution >= 4 is 35.5 Å². The van der Waals surface area contributed by atoms with Crippen LogP contribution < -0.4 is 21.7 Å². The minimum Gasteiger partial charge on any atom is -0.480 e. The summed E-state index contributed by atoms with van der Waals surface area (Å²) in [5.74, 6) is -2.23. The van der Waals surface area contributed by atoms with Crippen LogP contribution in [0, 0.1) is 5.92 Å². The number of thioether (sulfide) groups is 1. The molecule has 0 aliphatic heterocycles.